The smallest absolute Gasteiger partial charge is 0.124 e. The SMILES string of the molecule is COc1ccccc1C(NN)c1cc(C)cc(Br)c1. The maximum atomic E-state index is 5.74. The first-order valence-electron chi connectivity index (χ1n) is 6.02. The van der Waals surface area contributed by atoms with E-state index in [2.05, 4.69) is 46.5 Å². The van der Waals surface area contributed by atoms with Gasteiger partial charge < -0.3 is 4.74 Å². The lowest BCUT2D eigenvalue weighted by atomic mass is 9.97. The van der Waals surface area contributed by atoms with E-state index in [1.54, 1.807) is 7.11 Å². The maximum absolute atomic E-state index is 5.74. The number of hydrazine groups is 1. The summed E-state index contributed by atoms with van der Waals surface area (Å²) in [6.45, 7) is 2.06. The Kier molecular flexibility index (Phi) is 4.58. The molecule has 2 rings (SSSR count). The van der Waals surface area contributed by atoms with Crippen LogP contribution in [0.3, 0.4) is 0 Å². The van der Waals surface area contributed by atoms with Gasteiger partial charge in [0.25, 0.3) is 0 Å². The van der Waals surface area contributed by atoms with Crippen molar-refractivity contribution in [3.63, 3.8) is 0 Å². The Balaban J connectivity index is 2.49. The van der Waals surface area contributed by atoms with Crippen LogP contribution in [-0.4, -0.2) is 7.11 Å². The molecular formula is C15H17BrN2O. The van der Waals surface area contributed by atoms with Crippen molar-refractivity contribution in [2.45, 2.75) is 13.0 Å². The van der Waals surface area contributed by atoms with Crippen LogP contribution in [0.4, 0.5) is 0 Å². The molecule has 0 radical (unpaired) electrons. The molecule has 0 saturated heterocycles. The molecule has 1 atom stereocenters. The largest absolute Gasteiger partial charge is 0.496 e. The molecule has 0 spiro atoms. The number of para-hydroxylation sites is 1. The molecule has 0 aliphatic rings. The van der Waals surface area contributed by atoms with Gasteiger partial charge in [0.15, 0.2) is 0 Å². The van der Waals surface area contributed by atoms with Crippen LogP contribution in [0, 0.1) is 6.92 Å². The Morgan fingerprint density at radius 2 is 1.95 bits per heavy atom. The summed E-state index contributed by atoms with van der Waals surface area (Å²) in [6.07, 6.45) is 0. The van der Waals surface area contributed by atoms with E-state index in [1.807, 2.05) is 24.3 Å². The number of hydrogen-bond donors (Lipinski definition) is 2. The predicted octanol–water partition coefficient (Wildman–Crippen LogP) is 3.32. The molecule has 2 aromatic carbocycles. The minimum Gasteiger partial charge on any atom is -0.496 e. The number of rotatable bonds is 4. The zero-order valence-electron chi connectivity index (χ0n) is 11.0. The average molecular weight is 321 g/mol. The first-order chi connectivity index (χ1) is 9.15. The topological polar surface area (TPSA) is 47.3 Å². The second-order valence-corrected chi connectivity index (χ2v) is 5.32. The van der Waals surface area contributed by atoms with Gasteiger partial charge in [-0.25, -0.2) is 5.43 Å². The second-order valence-electron chi connectivity index (χ2n) is 4.40. The Morgan fingerprint density at radius 1 is 1.21 bits per heavy atom. The van der Waals surface area contributed by atoms with Crippen molar-refractivity contribution in [1.82, 2.24) is 5.43 Å². The van der Waals surface area contributed by atoms with Gasteiger partial charge in [-0.05, 0) is 36.2 Å². The number of benzene rings is 2. The molecule has 4 heteroatoms. The first-order valence-corrected chi connectivity index (χ1v) is 6.81. The fourth-order valence-corrected chi connectivity index (χ4v) is 2.83. The van der Waals surface area contributed by atoms with Gasteiger partial charge in [0.1, 0.15) is 5.75 Å². The third-order valence-corrected chi connectivity index (χ3v) is 3.47. The van der Waals surface area contributed by atoms with Crippen LogP contribution >= 0.6 is 15.9 Å². The molecule has 2 aromatic rings. The molecule has 0 saturated carbocycles. The Bertz CT molecular complexity index is 552. The number of nitrogens with two attached hydrogens (primary N) is 1. The molecule has 0 aromatic heterocycles. The van der Waals surface area contributed by atoms with Crippen LogP contribution in [0.1, 0.15) is 22.7 Å². The maximum Gasteiger partial charge on any atom is 0.124 e. The highest BCUT2D eigenvalue weighted by atomic mass is 79.9. The average Bonchev–Trinajstić information content (AvgIpc) is 2.39. The van der Waals surface area contributed by atoms with Crippen molar-refractivity contribution < 1.29 is 4.74 Å². The van der Waals surface area contributed by atoms with Gasteiger partial charge in [0, 0.05) is 10.0 Å². The van der Waals surface area contributed by atoms with Crippen molar-refractivity contribution >= 4 is 15.9 Å². The molecule has 100 valence electrons. The Labute approximate surface area is 121 Å². The van der Waals surface area contributed by atoms with Crippen molar-refractivity contribution in [2.24, 2.45) is 5.84 Å². The highest BCUT2D eigenvalue weighted by Crippen LogP contribution is 2.31. The molecule has 3 nitrogen and oxygen atoms in total. The summed E-state index contributed by atoms with van der Waals surface area (Å²) in [4.78, 5) is 0. The summed E-state index contributed by atoms with van der Waals surface area (Å²) in [5.74, 6) is 6.56. The summed E-state index contributed by atoms with van der Waals surface area (Å²) < 4.78 is 6.44. The second kappa shape index (κ2) is 6.19. The fourth-order valence-electron chi connectivity index (χ4n) is 2.20. The lowest BCUT2D eigenvalue weighted by molar-refractivity contribution is 0.404. The van der Waals surface area contributed by atoms with Gasteiger partial charge in [0.05, 0.1) is 13.2 Å². The van der Waals surface area contributed by atoms with Crippen molar-refractivity contribution in [3.8, 4) is 5.75 Å². The lowest BCUT2D eigenvalue weighted by Gasteiger charge is -2.20. The summed E-state index contributed by atoms with van der Waals surface area (Å²) in [6, 6.07) is 14.0. The van der Waals surface area contributed by atoms with Crippen LogP contribution in [0.15, 0.2) is 46.9 Å². The molecule has 3 N–H and O–H groups in total. The summed E-state index contributed by atoms with van der Waals surface area (Å²) in [5, 5.41) is 0. The van der Waals surface area contributed by atoms with Crippen LogP contribution in [0.25, 0.3) is 0 Å². The predicted molar refractivity (Wildman–Crippen MR) is 81.0 cm³/mol. The molecule has 1 unspecified atom stereocenters. The van der Waals surface area contributed by atoms with Gasteiger partial charge in [-0.2, -0.15) is 0 Å². The fraction of sp³-hybridized carbons (Fsp3) is 0.200. The van der Waals surface area contributed by atoms with Crippen LogP contribution in [0.5, 0.6) is 5.75 Å². The first kappa shape index (κ1) is 14.1. The zero-order valence-corrected chi connectivity index (χ0v) is 12.6. The van der Waals surface area contributed by atoms with Crippen LogP contribution in [0.2, 0.25) is 0 Å². The number of hydrogen-bond acceptors (Lipinski definition) is 3. The molecular weight excluding hydrogens is 304 g/mol. The van der Waals surface area contributed by atoms with Crippen molar-refractivity contribution in [1.29, 1.82) is 0 Å². The van der Waals surface area contributed by atoms with Crippen molar-refractivity contribution in [3.05, 3.63) is 63.6 Å². The van der Waals surface area contributed by atoms with Gasteiger partial charge in [-0.15, -0.1) is 0 Å². The number of halogens is 1. The molecule has 0 aliphatic heterocycles. The molecule has 0 fully saturated rings. The van der Waals surface area contributed by atoms with Gasteiger partial charge in [0.2, 0.25) is 0 Å². The van der Waals surface area contributed by atoms with Gasteiger partial charge in [-0.3, -0.25) is 5.84 Å². The summed E-state index contributed by atoms with van der Waals surface area (Å²) >= 11 is 3.52. The molecule has 0 heterocycles. The monoisotopic (exact) mass is 320 g/mol. The quantitative estimate of drug-likeness (QED) is 0.671. The molecule has 0 aliphatic carbocycles. The number of ether oxygens (including phenoxy) is 1. The van der Waals surface area contributed by atoms with E-state index >= 15 is 0 Å². The summed E-state index contributed by atoms with van der Waals surface area (Å²) in [5.41, 5.74) is 6.16. The highest BCUT2D eigenvalue weighted by molar-refractivity contribution is 9.10. The summed E-state index contributed by atoms with van der Waals surface area (Å²) in [7, 11) is 1.67. The Hall–Kier alpha value is -1.36. The lowest BCUT2D eigenvalue weighted by Crippen LogP contribution is -2.29. The van der Waals surface area contributed by atoms with Gasteiger partial charge >= 0.3 is 0 Å². The number of aryl methyl sites for hydroxylation is 1. The van der Waals surface area contributed by atoms with E-state index in [4.69, 9.17) is 10.6 Å². The third kappa shape index (κ3) is 3.15. The third-order valence-electron chi connectivity index (χ3n) is 3.01. The standard InChI is InChI=1S/C15H17BrN2O/c1-10-7-11(9-12(16)8-10)15(18-17)13-5-3-4-6-14(13)19-2/h3-9,15,18H,17H2,1-2H3. The van der Waals surface area contributed by atoms with Crippen LogP contribution < -0.4 is 16.0 Å². The minimum atomic E-state index is -0.104. The number of methoxy groups -OCH3 is 1. The van der Waals surface area contributed by atoms with E-state index in [0.29, 0.717) is 0 Å². The van der Waals surface area contributed by atoms with E-state index < -0.39 is 0 Å². The number of nitrogens with one attached hydrogen (secondary N) is 1. The van der Waals surface area contributed by atoms with Crippen LogP contribution in [-0.2, 0) is 0 Å². The van der Waals surface area contributed by atoms with Crippen molar-refractivity contribution in [2.75, 3.05) is 7.11 Å². The minimum absolute atomic E-state index is 0.104. The van der Waals surface area contributed by atoms with E-state index in [-0.39, 0.29) is 6.04 Å². The highest BCUT2D eigenvalue weighted by Gasteiger charge is 2.17. The normalized spacial score (nSPS) is 12.2. The molecule has 0 amide bonds. The van der Waals surface area contributed by atoms with E-state index in [0.717, 1.165) is 21.3 Å². The zero-order chi connectivity index (χ0) is 13.8. The molecule has 0 bridgehead atoms. The van der Waals surface area contributed by atoms with E-state index in [9.17, 15) is 0 Å². The van der Waals surface area contributed by atoms with Gasteiger partial charge in [-0.1, -0.05) is 40.2 Å². The van der Waals surface area contributed by atoms with E-state index in [1.165, 1.54) is 5.56 Å². The molecule has 19 heavy (non-hydrogen) atoms. The Morgan fingerprint density at radius 3 is 2.58 bits per heavy atom.